The summed E-state index contributed by atoms with van der Waals surface area (Å²) in [4.78, 5) is 27.4. The molecule has 0 aromatic carbocycles. The number of carboxylic acid groups (broad SMARTS) is 1. The largest absolute Gasteiger partial charge is 0.480 e. The van der Waals surface area contributed by atoms with Crippen LogP contribution in [0.2, 0.25) is 0 Å². The van der Waals surface area contributed by atoms with Crippen LogP contribution in [0.4, 0.5) is 4.79 Å². The third-order valence-corrected chi connectivity index (χ3v) is 2.07. The van der Waals surface area contributed by atoms with Crippen LogP contribution in [-0.4, -0.2) is 34.9 Å². The topological polar surface area (TPSA) is 96.9 Å². The Morgan fingerprint density at radius 3 is 2.61 bits per heavy atom. The predicted octanol–water partition coefficient (Wildman–Crippen LogP) is 0.948. The molecule has 1 aliphatic rings. The predicted molar refractivity (Wildman–Crippen MR) is 62.7 cm³/mol. The molecule has 0 radical (unpaired) electrons. The average Bonchev–Trinajstić information content (AvgIpc) is 2.57. The first-order valence-electron chi connectivity index (χ1n) is 5.20. The molecule has 2 unspecified atom stereocenters. The standard InChI is InChI=1S/C10H15ClN2O5/c1-10(2,3)17-9(16)12-7(8(14)15)5-4-6(11)13-18-5/h4-5,7,13H,1-3H3,(H,12,16)(H,14,15). The normalized spacial score (nSPS) is 20.7. The molecule has 1 heterocycles. The van der Waals surface area contributed by atoms with Crippen molar-refractivity contribution >= 4 is 23.7 Å². The van der Waals surface area contributed by atoms with Gasteiger partial charge in [-0.1, -0.05) is 11.6 Å². The fraction of sp³-hybridized carbons (Fsp3) is 0.600. The Balaban J connectivity index is 2.65. The summed E-state index contributed by atoms with van der Waals surface area (Å²) < 4.78 is 4.96. The molecule has 0 saturated heterocycles. The number of aliphatic carboxylic acids is 1. The van der Waals surface area contributed by atoms with E-state index in [0.717, 1.165) is 0 Å². The molecule has 0 spiro atoms. The van der Waals surface area contributed by atoms with E-state index in [1.54, 1.807) is 20.8 Å². The van der Waals surface area contributed by atoms with Crippen molar-refractivity contribution in [3.63, 3.8) is 0 Å². The van der Waals surface area contributed by atoms with Crippen molar-refractivity contribution in [1.82, 2.24) is 10.8 Å². The third kappa shape index (κ3) is 4.42. The lowest BCUT2D eigenvalue weighted by Crippen LogP contribution is -2.50. The molecule has 0 fully saturated rings. The van der Waals surface area contributed by atoms with Crippen LogP contribution < -0.4 is 10.8 Å². The number of hydroxylamine groups is 1. The maximum atomic E-state index is 11.5. The van der Waals surface area contributed by atoms with Crippen molar-refractivity contribution in [3.8, 4) is 0 Å². The number of amides is 1. The van der Waals surface area contributed by atoms with Crippen LogP contribution in [0.3, 0.4) is 0 Å². The number of alkyl carbamates (subject to hydrolysis) is 1. The molecule has 7 nitrogen and oxygen atoms in total. The van der Waals surface area contributed by atoms with Gasteiger partial charge in [0.15, 0.2) is 6.04 Å². The Labute approximate surface area is 109 Å². The molecule has 1 amide bonds. The molecule has 0 aromatic rings. The summed E-state index contributed by atoms with van der Waals surface area (Å²) in [6.07, 6.45) is -0.394. The Bertz CT molecular complexity index is 377. The van der Waals surface area contributed by atoms with E-state index in [-0.39, 0.29) is 5.16 Å². The summed E-state index contributed by atoms with van der Waals surface area (Å²) in [7, 11) is 0. The first-order chi connectivity index (χ1) is 8.19. The summed E-state index contributed by atoms with van der Waals surface area (Å²) in [5, 5.41) is 11.4. The van der Waals surface area contributed by atoms with Gasteiger partial charge in [0.1, 0.15) is 16.9 Å². The number of halogens is 1. The molecule has 1 rings (SSSR count). The van der Waals surface area contributed by atoms with E-state index in [9.17, 15) is 9.59 Å². The highest BCUT2D eigenvalue weighted by Crippen LogP contribution is 2.14. The van der Waals surface area contributed by atoms with Gasteiger partial charge in [-0.15, -0.1) is 0 Å². The van der Waals surface area contributed by atoms with E-state index < -0.39 is 29.8 Å². The van der Waals surface area contributed by atoms with E-state index in [4.69, 9.17) is 26.3 Å². The number of carbonyl (C=O) groups is 2. The quantitative estimate of drug-likeness (QED) is 0.665. The lowest BCUT2D eigenvalue weighted by Gasteiger charge is -2.23. The molecule has 0 aromatic heterocycles. The first kappa shape index (κ1) is 14.6. The van der Waals surface area contributed by atoms with Gasteiger partial charge in [0, 0.05) is 0 Å². The lowest BCUT2D eigenvalue weighted by molar-refractivity contribution is -0.143. The average molecular weight is 279 g/mol. The molecule has 0 saturated carbocycles. The van der Waals surface area contributed by atoms with Gasteiger partial charge in [-0.3, -0.25) is 10.3 Å². The number of rotatable bonds is 3. The minimum Gasteiger partial charge on any atom is -0.480 e. The highest BCUT2D eigenvalue weighted by atomic mass is 35.5. The molecule has 2 atom stereocenters. The summed E-state index contributed by atoms with van der Waals surface area (Å²) in [6, 6.07) is -1.29. The summed E-state index contributed by atoms with van der Waals surface area (Å²) in [5.74, 6) is -1.25. The monoisotopic (exact) mass is 278 g/mol. The van der Waals surface area contributed by atoms with Gasteiger partial charge in [-0.05, 0) is 26.8 Å². The summed E-state index contributed by atoms with van der Waals surface area (Å²) in [6.45, 7) is 5.02. The second-order valence-electron chi connectivity index (χ2n) is 4.66. The van der Waals surface area contributed by atoms with E-state index in [2.05, 4.69) is 10.8 Å². The molecule has 3 N–H and O–H groups in total. The Morgan fingerprint density at radius 2 is 2.22 bits per heavy atom. The van der Waals surface area contributed by atoms with E-state index in [1.807, 2.05) is 0 Å². The number of carbonyl (C=O) groups excluding carboxylic acids is 1. The van der Waals surface area contributed by atoms with Crippen LogP contribution in [0.5, 0.6) is 0 Å². The highest BCUT2D eigenvalue weighted by molar-refractivity contribution is 6.29. The smallest absolute Gasteiger partial charge is 0.408 e. The van der Waals surface area contributed by atoms with Crippen LogP contribution in [-0.2, 0) is 14.4 Å². The van der Waals surface area contributed by atoms with Gasteiger partial charge in [-0.2, -0.15) is 0 Å². The maximum Gasteiger partial charge on any atom is 0.408 e. The summed E-state index contributed by atoms with van der Waals surface area (Å²) in [5.41, 5.74) is 1.58. The number of hydrogen-bond acceptors (Lipinski definition) is 5. The van der Waals surface area contributed by atoms with Gasteiger partial charge in [0.2, 0.25) is 0 Å². The lowest BCUT2D eigenvalue weighted by atomic mass is 10.1. The number of nitrogens with one attached hydrogen (secondary N) is 2. The second-order valence-corrected chi connectivity index (χ2v) is 5.07. The zero-order valence-electron chi connectivity index (χ0n) is 10.2. The van der Waals surface area contributed by atoms with Crippen LogP contribution in [0.25, 0.3) is 0 Å². The van der Waals surface area contributed by atoms with Gasteiger partial charge < -0.3 is 15.2 Å². The van der Waals surface area contributed by atoms with Crippen molar-refractivity contribution in [2.75, 3.05) is 0 Å². The molecular formula is C10H15ClN2O5. The van der Waals surface area contributed by atoms with Crippen molar-refractivity contribution in [3.05, 3.63) is 11.2 Å². The van der Waals surface area contributed by atoms with Gasteiger partial charge in [0.25, 0.3) is 0 Å². The minimum atomic E-state index is -1.29. The minimum absolute atomic E-state index is 0.164. The molecule has 8 heteroatoms. The highest BCUT2D eigenvalue weighted by Gasteiger charge is 2.34. The SMILES string of the molecule is CC(C)(C)OC(=O)NC(C(=O)O)C1C=C(Cl)NO1. The molecule has 18 heavy (non-hydrogen) atoms. The zero-order valence-corrected chi connectivity index (χ0v) is 10.9. The Kier molecular flexibility index (Phi) is 4.42. The van der Waals surface area contributed by atoms with E-state index in [1.165, 1.54) is 6.08 Å². The number of carboxylic acids is 1. The zero-order chi connectivity index (χ0) is 13.9. The Morgan fingerprint density at radius 1 is 1.61 bits per heavy atom. The number of ether oxygens (including phenoxy) is 1. The van der Waals surface area contributed by atoms with Crippen molar-refractivity contribution in [2.45, 2.75) is 38.5 Å². The molecule has 1 aliphatic heterocycles. The van der Waals surface area contributed by atoms with Crippen LogP contribution >= 0.6 is 11.6 Å². The van der Waals surface area contributed by atoms with Crippen molar-refractivity contribution in [2.24, 2.45) is 0 Å². The Hall–Kier alpha value is -1.47. The number of hydrogen-bond donors (Lipinski definition) is 3. The van der Waals surface area contributed by atoms with Crippen molar-refractivity contribution < 1.29 is 24.3 Å². The van der Waals surface area contributed by atoms with Crippen LogP contribution in [0.1, 0.15) is 20.8 Å². The molecule has 102 valence electrons. The molecule has 0 bridgehead atoms. The second kappa shape index (κ2) is 5.45. The van der Waals surface area contributed by atoms with Gasteiger partial charge in [-0.25, -0.2) is 9.59 Å². The molecule has 0 aliphatic carbocycles. The van der Waals surface area contributed by atoms with Crippen LogP contribution in [0.15, 0.2) is 11.2 Å². The van der Waals surface area contributed by atoms with Gasteiger partial charge in [0.05, 0.1) is 0 Å². The first-order valence-corrected chi connectivity index (χ1v) is 5.58. The molecular weight excluding hydrogens is 264 g/mol. The summed E-state index contributed by atoms with van der Waals surface area (Å²) >= 11 is 5.59. The van der Waals surface area contributed by atoms with Gasteiger partial charge >= 0.3 is 12.1 Å². The van der Waals surface area contributed by atoms with Crippen LogP contribution in [0, 0.1) is 0 Å². The fourth-order valence-electron chi connectivity index (χ4n) is 1.22. The fourth-order valence-corrected chi connectivity index (χ4v) is 1.39. The third-order valence-electron chi connectivity index (χ3n) is 1.87. The van der Waals surface area contributed by atoms with E-state index >= 15 is 0 Å². The van der Waals surface area contributed by atoms with E-state index in [0.29, 0.717) is 0 Å². The maximum absolute atomic E-state index is 11.5. The van der Waals surface area contributed by atoms with Crippen molar-refractivity contribution in [1.29, 1.82) is 0 Å².